The summed E-state index contributed by atoms with van der Waals surface area (Å²) in [6.07, 6.45) is 0. The maximum Gasteiger partial charge on any atom is 0.307 e. The first-order valence-corrected chi connectivity index (χ1v) is 6.62. The van der Waals surface area contributed by atoms with Gasteiger partial charge < -0.3 is 14.8 Å². The second kappa shape index (κ2) is 4.16. The van der Waals surface area contributed by atoms with Gasteiger partial charge in [-0.1, -0.05) is 11.3 Å². The quantitative estimate of drug-likeness (QED) is 0.819. The zero-order valence-corrected chi connectivity index (χ0v) is 10.6. The average Bonchev–Trinajstić information content (AvgIpc) is 2.66. The fourth-order valence-electron chi connectivity index (χ4n) is 2.24. The first kappa shape index (κ1) is 10.8. The Morgan fingerprint density at radius 3 is 2.82 bits per heavy atom. The number of thiazole rings is 1. The van der Waals surface area contributed by atoms with Crippen LogP contribution < -0.4 is 15.1 Å². The van der Waals surface area contributed by atoms with Crippen molar-refractivity contribution in [2.45, 2.75) is 0 Å². The highest BCUT2D eigenvalue weighted by Crippen LogP contribution is 2.24. The van der Waals surface area contributed by atoms with Gasteiger partial charge in [0.25, 0.3) is 0 Å². The van der Waals surface area contributed by atoms with E-state index in [0.29, 0.717) is 0 Å². The van der Waals surface area contributed by atoms with E-state index in [0.717, 1.165) is 36.4 Å². The van der Waals surface area contributed by atoms with Crippen LogP contribution in [0.15, 0.2) is 23.0 Å². The van der Waals surface area contributed by atoms with E-state index < -0.39 is 0 Å². The van der Waals surface area contributed by atoms with Crippen molar-refractivity contribution in [2.24, 2.45) is 7.05 Å². The lowest BCUT2D eigenvalue weighted by Crippen LogP contribution is -2.43. The maximum atomic E-state index is 11.6. The van der Waals surface area contributed by atoms with Crippen molar-refractivity contribution in [3.63, 3.8) is 0 Å². The standard InChI is InChI=1S/C12H15N3OS/c1-14-10-3-2-9(8-11(10)17-12(14)16)15-6-4-13-5-7-15/h2-3,8,13H,4-7H2,1H3. The molecule has 0 aliphatic carbocycles. The number of rotatable bonds is 1. The topological polar surface area (TPSA) is 37.3 Å². The number of aromatic nitrogens is 1. The summed E-state index contributed by atoms with van der Waals surface area (Å²) in [7, 11) is 1.83. The molecule has 17 heavy (non-hydrogen) atoms. The minimum Gasteiger partial charge on any atom is -0.369 e. The number of aryl methyl sites for hydroxylation is 1. The Kier molecular flexibility index (Phi) is 2.64. The number of hydrogen-bond donors (Lipinski definition) is 1. The molecule has 0 atom stereocenters. The first-order valence-electron chi connectivity index (χ1n) is 5.81. The highest BCUT2D eigenvalue weighted by atomic mass is 32.1. The van der Waals surface area contributed by atoms with Crippen LogP contribution >= 0.6 is 11.3 Å². The molecular weight excluding hydrogens is 234 g/mol. The monoisotopic (exact) mass is 249 g/mol. The summed E-state index contributed by atoms with van der Waals surface area (Å²) in [5.41, 5.74) is 2.25. The van der Waals surface area contributed by atoms with Crippen molar-refractivity contribution in [1.29, 1.82) is 0 Å². The van der Waals surface area contributed by atoms with E-state index >= 15 is 0 Å². The lowest BCUT2D eigenvalue weighted by molar-refractivity contribution is 0.589. The van der Waals surface area contributed by atoms with E-state index in [1.54, 1.807) is 4.57 Å². The van der Waals surface area contributed by atoms with E-state index in [2.05, 4.69) is 22.3 Å². The van der Waals surface area contributed by atoms with Crippen LogP contribution in [-0.4, -0.2) is 30.7 Å². The highest BCUT2D eigenvalue weighted by Gasteiger charge is 2.12. The molecule has 0 spiro atoms. The third-order valence-electron chi connectivity index (χ3n) is 3.26. The van der Waals surface area contributed by atoms with Crippen LogP contribution in [0.1, 0.15) is 0 Å². The normalized spacial score (nSPS) is 16.6. The van der Waals surface area contributed by atoms with E-state index in [9.17, 15) is 4.79 Å². The van der Waals surface area contributed by atoms with Gasteiger partial charge in [0.05, 0.1) is 10.2 Å². The molecule has 1 aromatic heterocycles. The molecule has 0 bridgehead atoms. The van der Waals surface area contributed by atoms with Gasteiger partial charge in [-0.25, -0.2) is 0 Å². The van der Waals surface area contributed by atoms with Crippen molar-refractivity contribution in [2.75, 3.05) is 31.1 Å². The molecule has 90 valence electrons. The molecule has 1 aromatic carbocycles. The van der Waals surface area contributed by atoms with Gasteiger partial charge in [0, 0.05) is 38.9 Å². The molecule has 1 aliphatic heterocycles. The smallest absolute Gasteiger partial charge is 0.307 e. The average molecular weight is 249 g/mol. The Bertz CT molecular complexity index is 595. The van der Waals surface area contributed by atoms with Gasteiger partial charge in [0.1, 0.15) is 0 Å². The molecule has 1 N–H and O–H groups in total. The van der Waals surface area contributed by atoms with Crippen molar-refractivity contribution in [3.8, 4) is 0 Å². The molecule has 3 rings (SSSR count). The minimum absolute atomic E-state index is 0.109. The number of anilines is 1. The molecule has 1 fully saturated rings. The summed E-state index contributed by atoms with van der Waals surface area (Å²) in [5.74, 6) is 0. The Labute approximate surface area is 103 Å². The fraction of sp³-hybridized carbons (Fsp3) is 0.417. The van der Waals surface area contributed by atoms with E-state index in [1.165, 1.54) is 17.0 Å². The molecule has 1 aliphatic rings. The number of nitrogens with zero attached hydrogens (tertiary/aromatic N) is 2. The molecule has 4 nitrogen and oxygen atoms in total. The molecule has 5 heteroatoms. The van der Waals surface area contributed by atoms with Crippen molar-refractivity contribution < 1.29 is 0 Å². The Morgan fingerprint density at radius 1 is 1.29 bits per heavy atom. The van der Waals surface area contributed by atoms with Crippen molar-refractivity contribution in [1.82, 2.24) is 9.88 Å². The predicted molar refractivity (Wildman–Crippen MR) is 72.1 cm³/mol. The molecule has 0 amide bonds. The summed E-state index contributed by atoms with van der Waals surface area (Å²) in [4.78, 5) is 14.1. The number of hydrogen-bond acceptors (Lipinski definition) is 4. The highest BCUT2D eigenvalue weighted by molar-refractivity contribution is 7.16. The summed E-state index contributed by atoms with van der Waals surface area (Å²) in [6, 6.07) is 6.29. The van der Waals surface area contributed by atoms with Crippen molar-refractivity contribution >= 4 is 27.2 Å². The molecule has 0 unspecified atom stereocenters. The number of piperazine rings is 1. The van der Waals surface area contributed by atoms with Gasteiger partial charge >= 0.3 is 4.87 Å². The zero-order chi connectivity index (χ0) is 11.8. The fourth-order valence-corrected chi connectivity index (χ4v) is 3.15. The van der Waals surface area contributed by atoms with Gasteiger partial charge in [-0.15, -0.1) is 0 Å². The van der Waals surface area contributed by atoms with Crippen LogP contribution in [0.3, 0.4) is 0 Å². The molecule has 2 aromatic rings. The van der Waals surface area contributed by atoms with E-state index in [-0.39, 0.29) is 4.87 Å². The van der Waals surface area contributed by atoms with E-state index in [1.807, 2.05) is 13.1 Å². The van der Waals surface area contributed by atoms with Crippen LogP contribution in [0, 0.1) is 0 Å². The lowest BCUT2D eigenvalue weighted by atomic mass is 10.2. The molecule has 1 saturated heterocycles. The number of nitrogens with one attached hydrogen (secondary N) is 1. The number of benzene rings is 1. The molecule has 2 heterocycles. The van der Waals surface area contributed by atoms with Crippen LogP contribution in [0.25, 0.3) is 10.2 Å². The van der Waals surface area contributed by atoms with Gasteiger partial charge in [0.15, 0.2) is 0 Å². The number of fused-ring (bicyclic) bond motifs is 1. The van der Waals surface area contributed by atoms with Gasteiger partial charge in [-0.05, 0) is 18.2 Å². The third kappa shape index (κ3) is 1.85. The largest absolute Gasteiger partial charge is 0.369 e. The summed E-state index contributed by atoms with van der Waals surface area (Å²) in [5, 5.41) is 3.34. The Morgan fingerprint density at radius 2 is 2.06 bits per heavy atom. The van der Waals surface area contributed by atoms with Crippen molar-refractivity contribution in [3.05, 3.63) is 27.9 Å². The SMILES string of the molecule is Cn1c(=O)sc2cc(N3CCNCC3)ccc21. The lowest BCUT2D eigenvalue weighted by Gasteiger charge is -2.29. The zero-order valence-electron chi connectivity index (χ0n) is 9.77. The Balaban J connectivity index is 2.04. The first-order chi connectivity index (χ1) is 8.25. The van der Waals surface area contributed by atoms with Gasteiger partial charge in [-0.2, -0.15) is 0 Å². The summed E-state index contributed by atoms with van der Waals surface area (Å²) in [6.45, 7) is 4.13. The van der Waals surface area contributed by atoms with Crippen LogP contribution in [0.5, 0.6) is 0 Å². The predicted octanol–water partition coefficient (Wildman–Crippen LogP) is 1.01. The van der Waals surface area contributed by atoms with E-state index in [4.69, 9.17) is 0 Å². The second-order valence-corrected chi connectivity index (χ2v) is 5.31. The third-order valence-corrected chi connectivity index (χ3v) is 4.25. The molecule has 0 saturated carbocycles. The molecular formula is C12H15N3OS. The van der Waals surface area contributed by atoms with Crippen LogP contribution in [0.2, 0.25) is 0 Å². The maximum absolute atomic E-state index is 11.6. The van der Waals surface area contributed by atoms with Crippen LogP contribution in [0.4, 0.5) is 5.69 Å². The minimum atomic E-state index is 0.109. The van der Waals surface area contributed by atoms with Crippen LogP contribution in [-0.2, 0) is 7.05 Å². The van der Waals surface area contributed by atoms with Gasteiger partial charge in [-0.3, -0.25) is 4.79 Å². The molecule has 0 radical (unpaired) electrons. The summed E-state index contributed by atoms with van der Waals surface area (Å²) >= 11 is 1.32. The Hall–Kier alpha value is -1.33. The second-order valence-electron chi connectivity index (χ2n) is 4.32. The van der Waals surface area contributed by atoms with Gasteiger partial charge in [0.2, 0.25) is 0 Å². The summed E-state index contributed by atoms with van der Waals surface area (Å²) < 4.78 is 2.79.